The van der Waals surface area contributed by atoms with Gasteiger partial charge in [-0.3, -0.25) is 14.7 Å². The molecule has 0 saturated carbocycles. The van der Waals surface area contributed by atoms with Crippen LogP contribution in [0.4, 0.5) is 5.82 Å². The normalized spacial score (nSPS) is 9.89. The molecule has 98 valence electrons. The van der Waals surface area contributed by atoms with Crippen LogP contribution in [0.15, 0.2) is 42.6 Å². The Morgan fingerprint density at radius 2 is 1.95 bits per heavy atom. The Hall–Kier alpha value is -2.63. The van der Waals surface area contributed by atoms with Gasteiger partial charge in [0.15, 0.2) is 0 Å². The van der Waals surface area contributed by atoms with E-state index in [1.165, 1.54) is 0 Å². The fourth-order valence-corrected chi connectivity index (χ4v) is 1.52. The van der Waals surface area contributed by atoms with E-state index in [2.05, 4.69) is 20.8 Å². The van der Waals surface area contributed by atoms with Gasteiger partial charge in [0.25, 0.3) is 5.91 Å². The summed E-state index contributed by atoms with van der Waals surface area (Å²) in [7, 11) is 0. The number of aromatic nitrogens is 2. The third-order valence-corrected chi connectivity index (χ3v) is 2.45. The van der Waals surface area contributed by atoms with Crippen LogP contribution in [0, 0.1) is 0 Å². The summed E-state index contributed by atoms with van der Waals surface area (Å²) in [4.78, 5) is 23.2. The Kier molecular flexibility index (Phi) is 4.28. The molecular formula is C13H14N4O2. The van der Waals surface area contributed by atoms with Gasteiger partial charge < -0.3 is 10.6 Å². The first-order valence-electron chi connectivity index (χ1n) is 5.88. The molecule has 0 aliphatic heterocycles. The second-order valence-electron chi connectivity index (χ2n) is 3.89. The van der Waals surface area contributed by atoms with Gasteiger partial charge >= 0.3 is 0 Å². The minimum Gasteiger partial charge on any atom is -0.352 e. The van der Waals surface area contributed by atoms with Crippen molar-refractivity contribution in [1.82, 2.24) is 15.5 Å². The van der Waals surface area contributed by atoms with Gasteiger partial charge in [-0.1, -0.05) is 18.2 Å². The van der Waals surface area contributed by atoms with E-state index >= 15 is 0 Å². The van der Waals surface area contributed by atoms with Gasteiger partial charge in [0.2, 0.25) is 5.91 Å². The summed E-state index contributed by atoms with van der Waals surface area (Å²) in [6, 6.07) is 10.5. The number of nitrogens with zero attached hydrogens (tertiary/aromatic N) is 1. The molecule has 2 amide bonds. The smallest absolute Gasteiger partial charge is 0.251 e. The molecule has 0 bridgehead atoms. The van der Waals surface area contributed by atoms with Crippen molar-refractivity contribution in [3.63, 3.8) is 0 Å². The zero-order chi connectivity index (χ0) is 13.5. The molecule has 0 aliphatic rings. The second-order valence-corrected chi connectivity index (χ2v) is 3.89. The molecule has 1 aromatic carbocycles. The summed E-state index contributed by atoms with van der Waals surface area (Å²) < 4.78 is 0. The number of nitrogens with one attached hydrogen (secondary N) is 3. The van der Waals surface area contributed by atoms with Crippen molar-refractivity contribution in [2.45, 2.75) is 6.42 Å². The molecule has 3 N–H and O–H groups in total. The second kappa shape index (κ2) is 6.34. The zero-order valence-corrected chi connectivity index (χ0v) is 10.2. The minimum atomic E-state index is -0.185. The molecule has 0 spiro atoms. The maximum absolute atomic E-state index is 11.7. The lowest BCUT2D eigenvalue weighted by Crippen LogP contribution is -2.27. The quantitative estimate of drug-likeness (QED) is 0.752. The number of hydrogen-bond acceptors (Lipinski definition) is 3. The lowest BCUT2D eigenvalue weighted by atomic mass is 10.2. The number of carbonyl (C=O) groups is 2. The Morgan fingerprint density at radius 3 is 2.63 bits per heavy atom. The third-order valence-electron chi connectivity index (χ3n) is 2.45. The van der Waals surface area contributed by atoms with Gasteiger partial charge in [0.05, 0.1) is 6.20 Å². The van der Waals surface area contributed by atoms with Crippen LogP contribution in [0.3, 0.4) is 0 Å². The average Bonchev–Trinajstić information content (AvgIpc) is 2.92. The van der Waals surface area contributed by atoms with Crippen molar-refractivity contribution in [3.05, 3.63) is 48.2 Å². The molecule has 0 aliphatic carbocycles. The Balaban J connectivity index is 1.72. The molecule has 0 saturated heterocycles. The van der Waals surface area contributed by atoms with Crippen LogP contribution in [0.2, 0.25) is 0 Å². The Morgan fingerprint density at radius 1 is 1.16 bits per heavy atom. The molecule has 0 fully saturated rings. The molecule has 6 heteroatoms. The highest BCUT2D eigenvalue weighted by atomic mass is 16.2. The summed E-state index contributed by atoms with van der Waals surface area (Å²) in [5.41, 5.74) is 0.580. The summed E-state index contributed by atoms with van der Waals surface area (Å²) in [6.45, 7) is 0.285. The van der Waals surface area contributed by atoms with E-state index in [4.69, 9.17) is 0 Å². The van der Waals surface area contributed by atoms with Crippen molar-refractivity contribution in [3.8, 4) is 0 Å². The van der Waals surface area contributed by atoms with Gasteiger partial charge in [-0.05, 0) is 12.1 Å². The maximum atomic E-state index is 11.7. The first kappa shape index (κ1) is 12.8. The van der Waals surface area contributed by atoms with E-state index in [1.807, 2.05) is 6.07 Å². The van der Waals surface area contributed by atoms with Crippen LogP contribution in [-0.4, -0.2) is 28.6 Å². The topological polar surface area (TPSA) is 86.9 Å². The monoisotopic (exact) mass is 258 g/mol. The predicted molar refractivity (Wildman–Crippen MR) is 70.6 cm³/mol. The van der Waals surface area contributed by atoms with Crippen molar-refractivity contribution in [2.75, 3.05) is 11.9 Å². The van der Waals surface area contributed by atoms with E-state index in [0.29, 0.717) is 11.4 Å². The molecule has 0 unspecified atom stereocenters. The Bertz CT molecular complexity index is 537. The lowest BCUT2D eigenvalue weighted by Gasteiger charge is -2.05. The van der Waals surface area contributed by atoms with Gasteiger partial charge in [0.1, 0.15) is 5.82 Å². The SMILES string of the molecule is O=C(CCNC(=O)c1ccccc1)Nc1ccn[nH]1. The number of benzene rings is 1. The highest BCUT2D eigenvalue weighted by Gasteiger charge is 2.06. The number of anilines is 1. The number of aromatic amines is 1. The molecule has 6 nitrogen and oxygen atoms in total. The van der Waals surface area contributed by atoms with E-state index in [0.717, 1.165) is 0 Å². The molecule has 0 atom stereocenters. The van der Waals surface area contributed by atoms with Crippen molar-refractivity contribution in [1.29, 1.82) is 0 Å². The molecule has 0 radical (unpaired) electrons. The van der Waals surface area contributed by atoms with Crippen molar-refractivity contribution < 1.29 is 9.59 Å². The van der Waals surface area contributed by atoms with Gasteiger partial charge in [-0.2, -0.15) is 5.10 Å². The molecule has 2 aromatic rings. The van der Waals surface area contributed by atoms with Gasteiger partial charge in [-0.15, -0.1) is 0 Å². The van der Waals surface area contributed by atoms with E-state index in [1.54, 1.807) is 36.5 Å². The average molecular weight is 258 g/mol. The van der Waals surface area contributed by atoms with Crippen LogP contribution >= 0.6 is 0 Å². The standard InChI is InChI=1S/C13H14N4O2/c18-12(16-11-6-9-15-17-11)7-8-14-13(19)10-4-2-1-3-5-10/h1-6,9H,7-8H2,(H,14,19)(H2,15,16,17,18). The van der Waals surface area contributed by atoms with E-state index in [9.17, 15) is 9.59 Å². The number of hydrogen-bond donors (Lipinski definition) is 3. The summed E-state index contributed by atoms with van der Waals surface area (Å²) in [5, 5.41) is 11.6. The third kappa shape index (κ3) is 3.95. The summed E-state index contributed by atoms with van der Waals surface area (Å²) >= 11 is 0. The van der Waals surface area contributed by atoms with Crippen LogP contribution in [0.25, 0.3) is 0 Å². The molecule has 1 heterocycles. The van der Waals surface area contributed by atoms with Crippen LogP contribution in [-0.2, 0) is 4.79 Å². The summed E-state index contributed by atoms with van der Waals surface area (Å²) in [6.07, 6.45) is 1.75. The number of amides is 2. The van der Waals surface area contributed by atoms with Gasteiger partial charge in [-0.25, -0.2) is 0 Å². The largest absolute Gasteiger partial charge is 0.352 e. The van der Waals surface area contributed by atoms with Crippen LogP contribution in [0.5, 0.6) is 0 Å². The highest BCUT2D eigenvalue weighted by molar-refractivity contribution is 5.95. The van der Waals surface area contributed by atoms with Crippen molar-refractivity contribution >= 4 is 17.6 Å². The molecule has 1 aromatic heterocycles. The fourth-order valence-electron chi connectivity index (χ4n) is 1.52. The highest BCUT2D eigenvalue weighted by Crippen LogP contribution is 2.00. The van der Waals surface area contributed by atoms with Crippen LogP contribution in [0.1, 0.15) is 16.8 Å². The minimum absolute atomic E-state index is 0.183. The first-order valence-corrected chi connectivity index (χ1v) is 5.88. The number of rotatable bonds is 5. The van der Waals surface area contributed by atoms with Gasteiger partial charge in [0, 0.05) is 24.6 Å². The molecule has 19 heavy (non-hydrogen) atoms. The van der Waals surface area contributed by atoms with E-state index in [-0.39, 0.29) is 24.8 Å². The molecular weight excluding hydrogens is 244 g/mol. The zero-order valence-electron chi connectivity index (χ0n) is 10.2. The fraction of sp³-hybridized carbons (Fsp3) is 0.154. The maximum Gasteiger partial charge on any atom is 0.251 e. The number of H-pyrrole nitrogens is 1. The summed E-state index contributed by atoms with van der Waals surface area (Å²) in [5.74, 6) is 0.173. The van der Waals surface area contributed by atoms with Crippen molar-refractivity contribution in [2.24, 2.45) is 0 Å². The number of carbonyl (C=O) groups excluding carboxylic acids is 2. The lowest BCUT2D eigenvalue weighted by molar-refractivity contribution is -0.116. The van der Waals surface area contributed by atoms with E-state index < -0.39 is 0 Å². The predicted octanol–water partition coefficient (Wildman–Crippen LogP) is 1.17. The Labute approximate surface area is 110 Å². The van der Waals surface area contributed by atoms with Crippen LogP contribution < -0.4 is 10.6 Å². The molecule has 2 rings (SSSR count). The first-order chi connectivity index (χ1) is 9.25.